The molecule has 1 aliphatic carbocycles. The van der Waals surface area contributed by atoms with Crippen LogP contribution in [0, 0.1) is 5.92 Å². The summed E-state index contributed by atoms with van der Waals surface area (Å²) in [5.41, 5.74) is 2.88. The fourth-order valence-corrected chi connectivity index (χ4v) is 3.63. The SMILES string of the molecule is CC(=O)OC1C=C(C(C)C)C(O)C=C(C)CCC=C(C)CCC2OC12C. The van der Waals surface area contributed by atoms with Crippen LogP contribution in [0.1, 0.15) is 67.2 Å². The molecule has 4 atom stereocenters. The molecule has 2 rings (SSSR count). The molecule has 1 N–H and O–H groups in total. The van der Waals surface area contributed by atoms with Crippen molar-refractivity contribution < 1.29 is 19.4 Å². The normalized spacial score (nSPS) is 33.4. The van der Waals surface area contributed by atoms with Crippen LogP contribution in [0.5, 0.6) is 0 Å². The lowest BCUT2D eigenvalue weighted by atomic mass is 9.89. The minimum atomic E-state index is -0.679. The van der Waals surface area contributed by atoms with Crippen molar-refractivity contribution in [3.8, 4) is 0 Å². The molecule has 4 heteroatoms. The van der Waals surface area contributed by atoms with Crippen LogP contribution in [0.3, 0.4) is 0 Å². The van der Waals surface area contributed by atoms with Gasteiger partial charge in [0.1, 0.15) is 5.60 Å². The van der Waals surface area contributed by atoms with E-state index in [1.165, 1.54) is 18.1 Å². The molecule has 0 radical (unpaired) electrons. The third-order valence-corrected chi connectivity index (χ3v) is 5.46. The summed E-state index contributed by atoms with van der Waals surface area (Å²) < 4.78 is 11.6. The predicted molar refractivity (Wildman–Crippen MR) is 104 cm³/mol. The van der Waals surface area contributed by atoms with Crippen molar-refractivity contribution in [1.82, 2.24) is 0 Å². The molecule has 4 unspecified atom stereocenters. The average Bonchev–Trinajstić information content (AvgIpc) is 3.19. The van der Waals surface area contributed by atoms with E-state index in [2.05, 4.69) is 19.9 Å². The van der Waals surface area contributed by atoms with Gasteiger partial charge in [-0.15, -0.1) is 0 Å². The zero-order valence-electron chi connectivity index (χ0n) is 17.0. The molecule has 0 saturated carbocycles. The fourth-order valence-electron chi connectivity index (χ4n) is 3.63. The van der Waals surface area contributed by atoms with Crippen LogP contribution in [-0.4, -0.2) is 35.0 Å². The second-order valence-corrected chi connectivity index (χ2v) is 8.23. The van der Waals surface area contributed by atoms with Gasteiger partial charge in [0.05, 0.1) is 12.2 Å². The molecule has 26 heavy (non-hydrogen) atoms. The smallest absolute Gasteiger partial charge is 0.303 e. The number of carbonyl (C=O) groups excluding carboxylic acids is 1. The van der Waals surface area contributed by atoms with E-state index in [-0.39, 0.29) is 18.0 Å². The zero-order chi connectivity index (χ0) is 19.5. The van der Waals surface area contributed by atoms with Crippen LogP contribution in [0.4, 0.5) is 0 Å². The Balaban J connectivity index is 2.40. The first-order valence-electron chi connectivity index (χ1n) is 9.71. The summed E-state index contributed by atoms with van der Waals surface area (Å²) in [5, 5.41) is 10.8. The standard InChI is InChI=1S/C22H34O4/c1-14(2)18-13-21(25-17(5)23)22(6)20(26-22)11-10-15(3)8-7-9-16(4)12-19(18)24/h8,12-14,19-21,24H,7,9-11H2,1-6H3. The van der Waals surface area contributed by atoms with Crippen LogP contribution in [0.2, 0.25) is 0 Å². The Morgan fingerprint density at radius 3 is 2.58 bits per heavy atom. The van der Waals surface area contributed by atoms with E-state index in [1.54, 1.807) is 0 Å². The lowest BCUT2D eigenvalue weighted by Gasteiger charge is -2.23. The highest BCUT2D eigenvalue weighted by Crippen LogP contribution is 2.45. The number of carbonyl (C=O) groups is 1. The third kappa shape index (κ3) is 5.31. The Bertz CT molecular complexity index is 614. The van der Waals surface area contributed by atoms with Crippen LogP contribution < -0.4 is 0 Å². The summed E-state index contributed by atoms with van der Waals surface area (Å²) in [6.07, 6.45) is 8.83. The second-order valence-electron chi connectivity index (χ2n) is 8.23. The van der Waals surface area contributed by atoms with Gasteiger partial charge in [-0.25, -0.2) is 0 Å². The van der Waals surface area contributed by atoms with Crippen molar-refractivity contribution in [2.75, 3.05) is 0 Å². The highest BCUT2D eigenvalue weighted by molar-refractivity contribution is 5.66. The molecule has 1 aliphatic heterocycles. The number of epoxide rings is 1. The Hall–Kier alpha value is -1.39. The summed E-state index contributed by atoms with van der Waals surface area (Å²) in [4.78, 5) is 11.7. The minimum absolute atomic E-state index is 0.0669. The van der Waals surface area contributed by atoms with Crippen molar-refractivity contribution >= 4 is 5.97 Å². The largest absolute Gasteiger partial charge is 0.455 e. The number of aliphatic hydroxyl groups excluding tert-OH is 1. The Kier molecular flexibility index (Phi) is 6.86. The van der Waals surface area contributed by atoms with Gasteiger partial charge in [0.2, 0.25) is 0 Å². The fraction of sp³-hybridized carbons (Fsp3) is 0.682. The van der Waals surface area contributed by atoms with Gasteiger partial charge in [-0.3, -0.25) is 4.79 Å². The summed E-state index contributed by atoms with van der Waals surface area (Å²) in [6.45, 7) is 11.7. The lowest BCUT2D eigenvalue weighted by Crippen LogP contribution is -2.33. The molecule has 1 fully saturated rings. The van der Waals surface area contributed by atoms with Crippen LogP contribution >= 0.6 is 0 Å². The van der Waals surface area contributed by atoms with E-state index in [0.29, 0.717) is 0 Å². The van der Waals surface area contributed by atoms with Gasteiger partial charge in [-0.2, -0.15) is 0 Å². The molecule has 146 valence electrons. The van der Waals surface area contributed by atoms with Crippen LogP contribution in [0.25, 0.3) is 0 Å². The number of aliphatic hydroxyl groups is 1. The average molecular weight is 363 g/mol. The molecular formula is C22H34O4. The summed E-state index contributed by atoms with van der Waals surface area (Å²) in [7, 11) is 0. The van der Waals surface area contributed by atoms with Crippen LogP contribution in [-0.2, 0) is 14.3 Å². The summed E-state index contributed by atoms with van der Waals surface area (Å²) in [5.74, 6) is -0.189. The van der Waals surface area contributed by atoms with Crippen molar-refractivity contribution in [2.24, 2.45) is 5.92 Å². The monoisotopic (exact) mass is 362 g/mol. The highest BCUT2D eigenvalue weighted by atomic mass is 16.6. The van der Waals surface area contributed by atoms with Crippen molar-refractivity contribution in [3.05, 3.63) is 34.9 Å². The third-order valence-electron chi connectivity index (χ3n) is 5.46. The Morgan fingerprint density at radius 2 is 1.96 bits per heavy atom. The van der Waals surface area contributed by atoms with E-state index in [4.69, 9.17) is 9.47 Å². The van der Waals surface area contributed by atoms with Gasteiger partial charge in [0.15, 0.2) is 6.10 Å². The number of hydrogen-bond donors (Lipinski definition) is 1. The number of hydrogen-bond acceptors (Lipinski definition) is 4. The molecular weight excluding hydrogens is 328 g/mol. The number of ether oxygens (including phenoxy) is 2. The Labute approximate surface area is 158 Å². The van der Waals surface area contributed by atoms with E-state index < -0.39 is 17.8 Å². The summed E-state index contributed by atoms with van der Waals surface area (Å²) >= 11 is 0. The molecule has 0 aromatic heterocycles. The van der Waals surface area contributed by atoms with Gasteiger partial charge < -0.3 is 14.6 Å². The highest BCUT2D eigenvalue weighted by Gasteiger charge is 2.58. The molecule has 0 spiro atoms. The first-order valence-corrected chi connectivity index (χ1v) is 9.71. The molecule has 0 aromatic rings. The van der Waals surface area contributed by atoms with Gasteiger partial charge in [0.25, 0.3) is 0 Å². The van der Waals surface area contributed by atoms with Crippen molar-refractivity contribution in [3.63, 3.8) is 0 Å². The maximum absolute atomic E-state index is 11.7. The first-order chi connectivity index (χ1) is 12.1. The maximum Gasteiger partial charge on any atom is 0.303 e. The quantitative estimate of drug-likeness (QED) is 0.447. The van der Waals surface area contributed by atoms with E-state index in [9.17, 15) is 9.90 Å². The molecule has 0 aromatic carbocycles. The van der Waals surface area contributed by atoms with Crippen molar-refractivity contribution in [1.29, 1.82) is 0 Å². The van der Waals surface area contributed by atoms with E-state index in [1.807, 2.05) is 32.9 Å². The molecule has 4 nitrogen and oxygen atoms in total. The minimum Gasteiger partial charge on any atom is -0.455 e. The van der Waals surface area contributed by atoms with Gasteiger partial charge in [0, 0.05) is 6.92 Å². The predicted octanol–water partition coefficient (Wildman–Crippen LogP) is 4.49. The van der Waals surface area contributed by atoms with Crippen molar-refractivity contribution in [2.45, 2.75) is 91.1 Å². The number of esters is 1. The zero-order valence-corrected chi connectivity index (χ0v) is 17.0. The molecule has 0 bridgehead atoms. The van der Waals surface area contributed by atoms with Gasteiger partial charge >= 0.3 is 5.97 Å². The summed E-state index contributed by atoms with van der Waals surface area (Å²) in [6, 6.07) is 0. The molecule has 1 saturated heterocycles. The number of rotatable bonds is 2. The molecule has 0 amide bonds. The maximum atomic E-state index is 11.7. The van der Waals surface area contributed by atoms with E-state index in [0.717, 1.165) is 31.3 Å². The van der Waals surface area contributed by atoms with Crippen LogP contribution in [0.15, 0.2) is 34.9 Å². The molecule has 2 aliphatic rings. The topological polar surface area (TPSA) is 59.1 Å². The number of allylic oxidation sites excluding steroid dienone is 3. The molecule has 1 heterocycles. The lowest BCUT2D eigenvalue weighted by molar-refractivity contribution is -0.146. The van der Waals surface area contributed by atoms with Gasteiger partial charge in [-0.05, 0) is 64.0 Å². The first kappa shape index (κ1) is 20.9. The second kappa shape index (κ2) is 8.53. The Morgan fingerprint density at radius 1 is 1.27 bits per heavy atom. The number of fused-ring (bicyclic) bond motifs is 1. The van der Waals surface area contributed by atoms with Gasteiger partial charge in [-0.1, -0.05) is 37.1 Å². The van der Waals surface area contributed by atoms with E-state index >= 15 is 0 Å².